The van der Waals surface area contributed by atoms with Crippen LogP contribution in [0.2, 0.25) is 5.02 Å². The predicted octanol–water partition coefficient (Wildman–Crippen LogP) is 1.16. The number of nitrogens with zero attached hydrogens (tertiary/aromatic N) is 1. The van der Waals surface area contributed by atoms with Crippen LogP contribution in [0.5, 0.6) is 0 Å². The van der Waals surface area contributed by atoms with Crippen LogP contribution in [0, 0.1) is 0 Å². The van der Waals surface area contributed by atoms with Gasteiger partial charge in [-0.15, -0.1) is 0 Å². The molecule has 4 nitrogen and oxygen atoms in total. The molecule has 1 heterocycles. The second kappa shape index (κ2) is 4.14. The highest BCUT2D eigenvalue weighted by atomic mass is 35.5. The molecular weight excluding hydrogens is 248 g/mol. The lowest BCUT2D eigenvalue weighted by Crippen LogP contribution is -2.40. The van der Waals surface area contributed by atoms with Crippen molar-refractivity contribution in [1.82, 2.24) is 0 Å². The van der Waals surface area contributed by atoms with E-state index in [-0.39, 0.29) is 11.5 Å². The molecule has 0 unspecified atom stereocenters. The third-order valence-corrected chi connectivity index (χ3v) is 4.59. The summed E-state index contributed by atoms with van der Waals surface area (Å²) in [7, 11) is -2.87. The van der Waals surface area contributed by atoms with E-state index in [1.165, 1.54) is 0 Å². The van der Waals surface area contributed by atoms with Gasteiger partial charge in [-0.25, -0.2) is 8.42 Å². The Hall–Kier alpha value is -0.940. The number of anilines is 2. The van der Waals surface area contributed by atoms with E-state index in [1.54, 1.807) is 18.2 Å². The van der Waals surface area contributed by atoms with Crippen molar-refractivity contribution in [2.75, 3.05) is 35.2 Å². The molecule has 16 heavy (non-hydrogen) atoms. The minimum atomic E-state index is -2.87. The first-order valence-electron chi connectivity index (χ1n) is 4.99. The number of halogens is 1. The largest absolute Gasteiger partial charge is 0.397 e. The highest BCUT2D eigenvalue weighted by molar-refractivity contribution is 7.91. The molecule has 1 fully saturated rings. The van der Waals surface area contributed by atoms with Gasteiger partial charge in [0.1, 0.15) is 0 Å². The predicted molar refractivity (Wildman–Crippen MR) is 66.7 cm³/mol. The highest BCUT2D eigenvalue weighted by Gasteiger charge is 2.24. The van der Waals surface area contributed by atoms with Gasteiger partial charge in [0.05, 0.1) is 27.9 Å². The summed E-state index contributed by atoms with van der Waals surface area (Å²) < 4.78 is 22.6. The third-order valence-electron chi connectivity index (χ3n) is 2.68. The molecule has 88 valence electrons. The zero-order chi connectivity index (χ0) is 11.8. The van der Waals surface area contributed by atoms with Gasteiger partial charge in [0, 0.05) is 13.1 Å². The summed E-state index contributed by atoms with van der Waals surface area (Å²) in [6.45, 7) is 0.909. The zero-order valence-electron chi connectivity index (χ0n) is 8.69. The van der Waals surface area contributed by atoms with Crippen molar-refractivity contribution in [2.24, 2.45) is 0 Å². The molecule has 2 N–H and O–H groups in total. The standard InChI is InChI=1S/C10H13ClN2O2S/c11-8-2-1-3-9(12)10(8)13-4-6-16(14,15)7-5-13/h1-3H,4-7,12H2. The maximum Gasteiger partial charge on any atom is 0.153 e. The summed E-state index contributed by atoms with van der Waals surface area (Å²) in [4.78, 5) is 1.93. The van der Waals surface area contributed by atoms with E-state index in [2.05, 4.69) is 0 Å². The van der Waals surface area contributed by atoms with Gasteiger partial charge in [0.25, 0.3) is 0 Å². The smallest absolute Gasteiger partial charge is 0.153 e. The number of rotatable bonds is 1. The van der Waals surface area contributed by atoms with Crippen molar-refractivity contribution in [2.45, 2.75) is 0 Å². The Labute approximate surface area is 99.9 Å². The Morgan fingerprint density at radius 2 is 1.88 bits per heavy atom. The first kappa shape index (κ1) is 11.5. The maximum atomic E-state index is 11.3. The number of hydrogen-bond donors (Lipinski definition) is 1. The summed E-state index contributed by atoms with van der Waals surface area (Å²) in [6, 6.07) is 5.31. The van der Waals surface area contributed by atoms with Crippen molar-refractivity contribution >= 4 is 32.8 Å². The first-order chi connectivity index (χ1) is 7.49. The molecule has 0 radical (unpaired) electrons. The van der Waals surface area contributed by atoms with Crippen LogP contribution in [0.15, 0.2) is 18.2 Å². The Kier molecular flexibility index (Phi) is 2.99. The van der Waals surface area contributed by atoms with Crippen molar-refractivity contribution < 1.29 is 8.42 Å². The van der Waals surface area contributed by atoms with Crippen molar-refractivity contribution in [3.05, 3.63) is 23.2 Å². The lowest BCUT2D eigenvalue weighted by molar-refractivity contribution is 0.587. The van der Waals surface area contributed by atoms with E-state index in [0.717, 1.165) is 5.69 Å². The third kappa shape index (κ3) is 2.25. The summed E-state index contributed by atoms with van der Waals surface area (Å²) in [6.07, 6.45) is 0. The van der Waals surface area contributed by atoms with Gasteiger partial charge in [-0.05, 0) is 12.1 Å². The fourth-order valence-corrected chi connectivity index (χ4v) is 3.30. The highest BCUT2D eigenvalue weighted by Crippen LogP contribution is 2.32. The van der Waals surface area contributed by atoms with E-state index in [9.17, 15) is 8.42 Å². The molecule has 1 saturated heterocycles. The number of sulfone groups is 1. The number of nitrogens with two attached hydrogens (primary N) is 1. The number of para-hydroxylation sites is 1. The van der Waals surface area contributed by atoms with Gasteiger partial charge in [-0.2, -0.15) is 0 Å². The molecule has 0 atom stereocenters. The van der Waals surface area contributed by atoms with E-state index in [0.29, 0.717) is 23.8 Å². The quantitative estimate of drug-likeness (QED) is 0.770. The Bertz CT molecular complexity index is 467. The van der Waals surface area contributed by atoms with Crippen LogP contribution in [0.4, 0.5) is 11.4 Å². The van der Waals surface area contributed by atoms with Gasteiger partial charge in [-0.1, -0.05) is 17.7 Å². The topological polar surface area (TPSA) is 63.4 Å². The summed E-state index contributed by atoms with van der Waals surface area (Å²) in [5.74, 6) is 0.329. The molecule has 0 saturated carbocycles. The van der Waals surface area contributed by atoms with Crippen LogP contribution in [-0.4, -0.2) is 33.0 Å². The second-order valence-corrected chi connectivity index (χ2v) is 6.53. The first-order valence-corrected chi connectivity index (χ1v) is 7.19. The Balaban J connectivity index is 2.27. The lowest BCUT2D eigenvalue weighted by atomic mass is 10.2. The Morgan fingerprint density at radius 1 is 1.25 bits per heavy atom. The number of hydrogen-bond acceptors (Lipinski definition) is 4. The van der Waals surface area contributed by atoms with Crippen LogP contribution >= 0.6 is 11.6 Å². The maximum absolute atomic E-state index is 11.3. The van der Waals surface area contributed by atoms with E-state index >= 15 is 0 Å². The Morgan fingerprint density at radius 3 is 2.44 bits per heavy atom. The van der Waals surface area contributed by atoms with Crippen LogP contribution in [0.1, 0.15) is 0 Å². The zero-order valence-corrected chi connectivity index (χ0v) is 10.3. The molecule has 0 bridgehead atoms. The molecule has 0 aromatic heterocycles. The van der Waals surface area contributed by atoms with Crippen molar-refractivity contribution in [3.8, 4) is 0 Å². The molecule has 0 aliphatic carbocycles. The monoisotopic (exact) mass is 260 g/mol. The molecule has 1 aromatic carbocycles. The molecule has 0 amide bonds. The fraction of sp³-hybridized carbons (Fsp3) is 0.400. The summed E-state index contributed by atoms with van der Waals surface area (Å²) in [5.41, 5.74) is 7.18. The van der Waals surface area contributed by atoms with E-state index in [4.69, 9.17) is 17.3 Å². The van der Waals surface area contributed by atoms with Crippen LogP contribution in [-0.2, 0) is 9.84 Å². The van der Waals surface area contributed by atoms with Gasteiger partial charge >= 0.3 is 0 Å². The molecular formula is C10H13ClN2O2S. The molecule has 1 aliphatic rings. The minimum Gasteiger partial charge on any atom is -0.397 e. The summed E-state index contributed by atoms with van der Waals surface area (Å²) in [5, 5.41) is 0.569. The molecule has 2 rings (SSSR count). The molecule has 0 spiro atoms. The lowest BCUT2D eigenvalue weighted by Gasteiger charge is -2.30. The average molecular weight is 261 g/mol. The fourth-order valence-electron chi connectivity index (χ4n) is 1.80. The van der Waals surface area contributed by atoms with E-state index < -0.39 is 9.84 Å². The SMILES string of the molecule is Nc1cccc(Cl)c1N1CCS(=O)(=O)CC1. The van der Waals surface area contributed by atoms with Gasteiger partial charge in [-0.3, -0.25) is 0 Å². The summed E-state index contributed by atoms with van der Waals surface area (Å²) >= 11 is 6.06. The minimum absolute atomic E-state index is 0.164. The van der Waals surface area contributed by atoms with E-state index in [1.807, 2.05) is 4.90 Å². The number of nitrogen functional groups attached to an aromatic ring is 1. The van der Waals surface area contributed by atoms with Gasteiger partial charge < -0.3 is 10.6 Å². The molecule has 6 heteroatoms. The molecule has 1 aromatic rings. The van der Waals surface area contributed by atoms with Gasteiger partial charge in [0.2, 0.25) is 0 Å². The number of benzene rings is 1. The normalized spacial score (nSPS) is 19.7. The second-order valence-electron chi connectivity index (χ2n) is 3.82. The molecule has 1 aliphatic heterocycles. The van der Waals surface area contributed by atoms with Crippen molar-refractivity contribution in [3.63, 3.8) is 0 Å². The average Bonchev–Trinajstić information content (AvgIpc) is 2.20. The van der Waals surface area contributed by atoms with Gasteiger partial charge in [0.15, 0.2) is 9.84 Å². The van der Waals surface area contributed by atoms with Crippen molar-refractivity contribution in [1.29, 1.82) is 0 Å². The van der Waals surface area contributed by atoms with Crippen LogP contribution in [0.25, 0.3) is 0 Å². The van der Waals surface area contributed by atoms with Crippen LogP contribution in [0.3, 0.4) is 0 Å². The van der Waals surface area contributed by atoms with Crippen LogP contribution < -0.4 is 10.6 Å².